The number of halogens is 2. The van der Waals surface area contributed by atoms with Gasteiger partial charge in [-0.1, -0.05) is 0 Å². The third kappa shape index (κ3) is 3.89. The minimum absolute atomic E-state index is 0.00831. The van der Waals surface area contributed by atoms with Crippen LogP contribution in [0.3, 0.4) is 0 Å². The monoisotopic (exact) mass is 393 g/mol. The molecule has 1 aromatic carbocycles. The summed E-state index contributed by atoms with van der Waals surface area (Å²) in [7, 11) is -2.64. The summed E-state index contributed by atoms with van der Waals surface area (Å²) in [4.78, 5) is 9.38. The molecule has 0 spiro atoms. The lowest BCUT2D eigenvalue weighted by Crippen LogP contribution is -2.41. The van der Waals surface area contributed by atoms with Gasteiger partial charge in [0.25, 0.3) is 0 Å². The molecule has 0 amide bonds. The van der Waals surface area contributed by atoms with E-state index in [2.05, 4.69) is 9.97 Å². The van der Waals surface area contributed by atoms with E-state index in [9.17, 15) is 17.2 Å². The van der Waals surface area contributed by atoms with E-state index in [1.54, 1.807) is 17.0 Å². The van der Waals surface area contributed by atoms with Crippen molar-refractivity contribution in [2.75, 3.05) is 25.0 Å². The zero-order valence-corrected chi connectivity index (χ0v) is 15.3. The zero-order chi connectivity index (χ0) is 19.6. The average Bonchev–Trinajstić information content (AvgIpc) is 3.02. The first-order valence-corrected chi connectivity index (χ1v) is 9.59. The Morgan fingerprint density at radius 3 is 2.81 bits per heavy atom. The summed E-state index contributed by atoms with van der Waals surface area (Å²) < 4.78 is 54.3. The summed E-state index contributed by atoms with van der Waals surface area (Å²) in [5, 5.41) is 8.77. The molecule has 0 aliphatic carbocycles. The van der Waals surface area contributed by atoms with Crippen molar-refractivity contribution in [3.05, 3.63) is 48.2 Å². The molecular formula is C17H17F2N5O2S. The third-order valence-corrected chi connectivity index (χ3v) is 6.28. The quantitative estimate of drug-likeness (QED) is 0.768. The molecule has 0 bridgehead atoms. The van der Waals surface area contributed by atoms with Gasteiger partial charge in [0.05, 0.1) is 17.0 Å². The van der Waals surface area contributed by atoms with Gasteiger partial charge in [-0.25, -0.2) is 27.2 Å². The second-order valence-electron chi connectivity index (χ2n) is 6.25. The van der Waals surface area contributed by atoms with Gasteiger partial charge in [-0.2, -0.15) is 9.57 Å². The van der Waals surface area contributed by atoms with E-state index in [1.165, 1.54) is 25.6 Å². The largest absolute Gasteiger partial charge is 0.349 e. The first kappa shape index (κ1) is 19.1. The number of anilines is 1. The smallest absolute Gasteiger partial charge is 0.242 e. The Kier molecular flexibility index (Phi) is 5.34. The van der Waals surface area contributed by atoms with Gasteiger partial charge in [0.15, 0.2) is 0 Å². The summed E-state index contributed by atoms with van der Waals surface area (Å²) >= 11 is 0. The van der Waals surface area contributed by atoms with E-state index in [-0.39, 0.29) is 30.0 Å². The van der Waals surface area contributed by atoms with Crippen LogP contribution in [0.25, 0.3) is 0 Å². The van der Waals surface area contributed by atoms with Crippen molar-refractivity contribution in [3.8, 4) is 6.07 Å². The van der Waals surface area contributed by atoms with Crippen LogP contribution in [0.2, 0.25) is 0 Å². The van der Waals surface area contributed by atoms with Gasteiger partial charge in [-0.05, 0) is 24.3 Å². The Bertz CT molecular complexity index is 965. The number of rotatable bonds is 5. The first-order chi connectivity index (χ1) is 12.8. The molecule has 10 heteroatoms. The summed E-state index contributed by atoms with van der Waals surface area (Å²) in [5.74, 6) is -0.385. The summed E-state index contributed by atoms with van der Waals surface area (Å²) in [6.07, 6.45) is 1.93. The predicted octanol–water partition coefficient (Wildman–Crippen LogP) is 1.72. The van der Waals surface area contributed by atoms with Gasteiger partial charge in [0, 0.05) is 32.3 Å². The maximum absolute atomic E-state index is 14.0. The molecule has 27 heavy (non-hydrogen) atoms. The molecule has 1 aliphatic rings. The minimum Gasteiger partial charge on any atom is -0.349 e. The molecule has 1 aliphatic heterocycles. The number of likely N-dealkylation sites (N-methyl/N-ethyl adjacent to an activating group) is 1. The predicted molar refractivity (Wildman–Crippen MR) is 93.6 cm³/mol. The van der Waals surface area contributed by atoms with Crippen molar-refractivity contribution < 1.29 is 17.2 Å². The van der Waals surface area contributed by atoms with E-state index < -0.39 is 28.1 Å². The number of alkyl halides is 1. The molecular weight excluding hydrogens is 376 g/mol. The van der Waals surface area contributed by atoms with Gasteiger partial charge < -0.3 is 4.90 Å². The maximum Gasteiger partial charge on any atom is 0.242 e. The molecule has 1 aromatic heterocycles. The Morgan fingerprint density at radius 1 is 1.41 bits per heavy atom. The van der Waals surface area contributed by atoms with Crippen LogP contribution in [0.15, 0.2) is 41.7 Å². The van der Waals surface area contributed by atoms with Crippen LogP contribution >= 0.6 is 0 Å². The fourth-order valence-electron chi connectivity index (χ4n) is 3.09. The average molecular weight is 393 g/mol. The highest BCUT2D eigenvalue weighted by Gasteiger charge is 2.36. The summed E-state index contributed by atoms with van der Waals surface area (Å²) in [6.45, 7) is 0.120. The van der Waals surface area contributed by atoms with Gasteiger partial charge in [0.1, 0.15) is 30.2 Å². The molecule has 7 nitrogen and oxygen atoms in total. The Balaban J connectivity index is 1.82. The number of benzene rings is 1. The highest BCUT2D eigenvalue weighted by atomic mass is 32.2. The standard InChI is InChI=1S/C17H17F2N5O2S/c1-23(27(25,26)15-3-2-12(8-20)16(19)7-15)10-14-6-13(18)9-24(14)17-4-5-21-11-22-17/h2-5,7,11,13-14H,6,9-10H2,1H3/t13-,14-/m0/s1. The van der Waals surface area contributed by atoms with Crippen LogP contribution in [0.5, 0.6) is 0 Å². The molecule has 1 saturated heterocycles. The molecule has 0 N–H and O–H groups in total. The van der Waals surface area contributed by atoms with Crippen molar-refractivity contribution >= 4 is 15.8 Å². The fraction of sp³-hybridized carbons (Fsp3) is 0.353. The van der Waals surface area contributed by atoms with Crippen molar-refractivity contribution in [2.45, 2.75) is 23.5 Å². The van der Waals surface area contributed by atoms with Crippen LogP contribution in [0.1, 0.15) is 12.0 Å². The Morgan fingerprint density at radius 2 is 2.19 bits per heavy atom. The number of nitriles is 1. The zero-order valence-electron chi connectivity index (χ0n) is 14.5. The first-order valence-electron chi connectivity index (χ1n) is 8.15. The van der Waals surface area contributed by atoms with Gasteiger partial charge in [-0.3, -0.25) is 0 Å². The summed E-state index contributed by atoms with van der Waals surface area (Å²) in [6, 6.07) is 5.99. The summed E-state index contributed by atoms with van der Waals surface area (Å²) in [5.41, 5.74) is -0.234. The van der Waals surface area contributed by atoms with Gasteiger partial charge >= 0.3 is 0 Å². The number of sulfonamides is 1. The number of hydrogen-bond acceptors (Lipinski definition) is 6. The second kappa shape index (κ2) is 7.54. The molecule has 2 aromatic rings. The van der Waals surface area contributed by atoms with Crippen LogP contribution in [0, 0.1) is 17.1 Å². The molecule has 142 valence electrons. The SMILES string of the molecule is CN(C[C@@H]1C[C@H](F)CN1c1ccncn1)S(=O)(=O)c1ccc(C#N)c(F)c1. The molecule has 2 heterocycles. The molecule has 0 unspecified atom stereocenters. The van der Waals surface area contributed by atoms with Gasteiger partial charge in [0.2, 0.25) is 10.0 Å². The lowest BCUT2D eigenvalue weighted by Gasteiger charge is -2.28. The van der Waals surface area contributed by atoms with Crippen LogP contribution in [0.4, 0.5) is 14.6 Å². The van der Waals surface area contributed by atoms with Crippen molar-refractivity contribution in [3.63, 3.8) is 0 Å². The van der Waals surface area contributed by atoms with Crippen molar-refractivity contribution in [1.29, 1.82) is 5.26 Å². The minimum atomic E-state index is -3.99. The number of nitrogens with zero attached hydrogens (tertiary/aromatic N) is 5. The third-order valence-electron chi connectivity index (χ3n) is 4.46. The molecule has 3 rings (SSSR count). The molecule has 2 atom stereocenters. The Labute approximate surface area is 155 Å². The topological polar surface area (TPSA) is 90.2 Å². The van der Waals surface area contributed by atoms with Crippen LogP contribution < -0.4 is 4.90 Å². The highest BCUT2D eigenvalue weighted by Crippen LogP contribution is 2.27. The van der Waals surface area contributed by atoms with E-state index in [1.807, 2.05) is 0 Å². The van der Waals surface area contributed by atoms with E-state index >= 15 is 0 Å². The normalized spacial score (nSPS) is 20.0. The lowest BCUT2D eigenvalue weighted by atomic mass is 10.2. The van der Waals surface area contributed by atoms with E-state index in [0.29, 0.717) is 5.82 Å². The molecule has 1 fully saturated rings. The highest BCUT2D eigenvalue weighted by molar-refractivity contribution is 7.89. The number of aromatic nitrogens is 2. The van der Waals surface area contributed by atoms with Crippen molar-refractivity contribution in [2.24, 2.45) is 0 Å². The maximum atomic E-state index is 14.0. The second-order valence-corrected chi connectivity index (χ2v) is 8.29. The fourth-order valence-corrected chi connectivity index (χ4v) is 4.31. The van der Waals surface area contributed by atoms with E-state index in [4.69, 9.17) is 5.26 Å². The molecule has 0 saturated carbocycles. The molecule has 0 radical (unpaired) electrons. The number of hydrogen-bond donors (Lipinski definition) is 0. The lowest BCUT2D eigenvalue weighted by molar-refractivity contribution is 0.346. The van der Waals surface area contributed by atoms with E-state index in [0.717, 1.165) is 16.4 Å². The Hall–Kier alpha value is -2.64. The van der Waals surface area contributed by atoms with Crippen LogP contribution in [-0.2, 0) is 10.0 Å². The van der Waals surface area contributed by atoms with Crippen molar-refractivity contribution in [1.82, 2.24) is 14.3 Å². The van der Waals surface area contributed by atoms with Gasteiger partial charge in [-0.15, -0.1) is 0 Å². The van der Waals surface area contributed by atoms with Crippen LogP contribution in [-0.4, -0.2) is 55.0 Å².